The fraction of sp³-hybridized carbons (Fsp3) is 0.600. The van der Waals surface area contributed by atoms with Crippen LogP contribution in [0.3, 0.4) is 0 Å². The molecule has 3 nitrogen and oxygen atoms in total. The fourth-order valence-corrected chi connectivity index (χ4v) is 1.94. The zero-order valence-corrected chi connectivity index (χ0v) is 9.22. The molecule has 0 aliphatic carbocycles. The Balaban J connectivity index is 2.24. The van der Waals surface area contributed by atoms with Gasteiger partial charge in [-0.3, -0.25) is 0 Å². The molecule has 0 bridgehead atoms. The van der Waals surface area contributed by atoms with Crippen LogP contribution in [-0.4, -0.2) is 23.5 Å². The third-order valence-electron chi connectivity index (χ3n) is 1.89. The Hall–Kier alpha value is -0.450. The highest BCUT2D eigenvalue weighted by Gasteiger charge is 2.03. The molecule has 1 atom stereocenters. The van der Waals surface area contributed by atoms with E-state index in [1.165, 1.54) is 0 Å². The van der Waals surface area contributed by atoms with Crippen LogP contribution in [0.2, 0.25) is 0 Å². The van der Waals surface area contributed by atoms with Crippen LogP contribution in [0.25, 0.3) is 0 Å². The van der Waals surface area contributed by atoms with Crippen molar-refractivity contribution < 1.29 is 9.52 Å². The van der Waals surface area contributed by atoms with E-state index in [0.29, 0.717) is 12.3 Å². The molecule has 4 heteroatoms. The third-order valence-corrected chi connectivity index (χ3v) is 3.00. The zero-order chi connectivity index (χ0) is 10.4. The van der Waals surface area contributed by atoms with E-state index >= 15 is 0 Å². The summed E-state index contributed by atoms with van der Waals surface area (Å²) in [5, 5.41) is 9.21. The van der Waals surface area contributed by atoms with Crippen molar-refractivity contribution in [2.45, 2.75) is 25.2 Å². The maximum Gasteiger partial charge on any atom is 0.114 e. The lowest BCUT2D eigenvalue weighted by atomic mass is 10.4. The molecule has 1 aromatic heterocycles. The van der Waals surface area contributed by atoms with Crippen LogP contribution in [0.5, 0.6) is 0 Å². The first kappa shape index (κ1) is 11.6. The van der Waals surface area contributed by atoms with Crippen LogP contribution in [-0.2, 0) is 12.2 Å². The molecule has 0 spiro atoms. The number of furan rings is 1. The molecule has 0 aliphatic heterocycles. The molecule has 0 saturated heterocycles. The van der Waals surface area contributed by atoms with Crippen molar-refractivity contribution in [2.24, 2.45) is 5.73 Å². The summed E-state index contributed by atoms with van der Waals surface area (Å²) in [6, 6.07) is 3.98. The Morgan fingerprint density at radius 3 is 2.79 bits per heavy atom. The highest BCUT2D eigenvalue weighted by atomic mass is 32.2. The fourth-order valence-electron chi connectivity index (χ4n) is 1.05. The van der Waals surface area contributed by atoms with Crippen LogP contribution >= 0.6 is 11.8 Å². The largest absolute Gasteiger partial charge is 0.465 e. The monoisotopic (exact) mass is 215 g/mol. The van der Waals surface area contributed by atoms with Crippen molar-refractivity contribution in [2.75, 3.05) is 12.3 Å². The Labute approximate surface area is 88.7 Å². The molecule has 1 heterocycles. The summed E-state index contributed by atoms with van der Waals surface area (Å²) in [4.78, 5) is 0. The lowest BCUT2D eigenvalue weighted by molar-refractivity contribution is 0.208. The minimum Gasteiger partial charge on any atom is -0.465 e. The van der Waals surface area contributed by atoms with E-state index < -0.39 is 6.10 Å². The summed E-state index contributed by atoms with van der Waals surface area (Å²) in [5.41, 5.74) is 5.29. The van der Waals surface area contributed by atoms with Gasteiger partial charge in [0.2, 0.25) is 0 Å². The van der Waals surface area contributed by atoms with Gasteiger partial charge in [0.1, 0.15) is 11.5 Å². The number of thioether (sulfide) groups is 1. The van der Waals surface area contributed by atoms with Crippen LogP contribution in [0.15, 0.2) is 16.5 Å². The standard InChI is InChI=1S/C10H17NO2S/c1-2-9-3-4-10(13-9)7-14-6-8(12)5-11/h3-4,8,12H,2,5-7,11H2,1H3/t8-/m0/s1. The number of hydrogen-bond donors (Lipinski definition) is 2. The molecule has 0 aliphatic rings. The minimum atomic E-state index is -0.402. The molecule has 0 unspecified atom stereocenters. The van der Waals surface area contributed by atoms with Crippen molar-refractivity contribution in [3.63, 3.8) is 0 Å². The van der Waals surface area contributed by atoms with E-state index in [-0.39, 0.29) is 0 Å². The molecule has 0 radical (unpaired) electrons. The molecule has 0 saturated carbocycles. The summed E-state index contributed by atoms with van der Waals surface area (Å²) < 4.78 is 5.51. The van der Waals surface area contributed by atoms with E-state index in [1.807, 2.05) is 12.1 Å². The second-order valence-corrected chi connectivity index (χ2v) is 4.16. The summed E-state index contributed by atoms with van der Waals surface area (Å²) >= 11 is 1.64. The maximum atomic E-state index is 9.21. The summed E-state index contributed by atoms with van der Waals surface area (Å²) in [6.45, 7) is 2.39. The number of aliphatic hydroxyl groups excluding tert-OH is 1. The quantitative estimate of drug-likeness (QED) is 0.753. The molecule has 14 heavy (non-hydrogen) atoms. The van der Waals surface area contributed by atoms with Crippen molar-refractivity contribution in [3.05, 3.63) is 23.7 Å². The molecule has 0 amide bonds. The van der Waals surface area contributed by atoms with Gasteiger partial charge in [-0.2, -0.15) is 11.8 Å². The van der Waals surface area contributed by atoms with Gasteiger partial charge in [0.15, 0.2) is 0 Å². The SMILES string of the molecule is CCc1ccc(CSC[C@@H](O)CN)o1. The minimum absolute atomic E-state index is 0.325. The smallest absolute Gasteiger partial charge is 0.114 e. The van der Waals surface area contributed by atoms with Gasteiger partial charge >= 0.3 is 0 Å². The normalized spacial score (nSPS) is 13.1. The maximum absolute atomic E-state index is 9.21. The van der Waals surface area contributed by atoms with E-state index in [0.717, 1.165) is 23.7 Å². The Morgan fingerprint density at radius 1 is 1.50 bits per heavy atom. The van der Waals surface area contributed by atoms with Gasteiger partial charge in [-0.15, -0.1) is 0 Å². The third kappa shape index (κ3) is 3.74. The van der Waals surface area contributed by atoms with E-state index in [9.17, 15) is 5.11 Å². The number of aryl methyl sites for hydroxylation is 1. The van der Waals surface area contributed by atoms with Crippen molar-refractivity contribution in [1.29, 1.82) is 0 Å². The highest BCUT2D eigenvalue weighted by molar-refractivity contribution is 7.98. The lowest BCUT2D eigenvalue weighted by Crippen LogP contribution is -2.21. The van der Waals surface area contributed by atoms with Gasteiger partial charge in [-0.1, -0.05) is 6.92 Å². The van der Waals surface area contributed by atoms with Crippen molar-refractivity contribution >= 4 is 11.8 Å². The van der Waals surface area contributed by atoms with Gasteiger partial charge < -0.3 is 15.3 Å². The van der Waals surface area contributed by atoms with E-state index in [4.69, 9.17) is 10.2 Å². The predicted molar refractivity (Wildman–Crippen MR) is 59.3 cm³/mol. The van der Waals surface area contributed by atoms with Gasteiger partial charge in [-0.25, -0.2) is 0 Å². The van der Waals surface area contributed by atoms with Gasteiger partial charge in [0, 0.05) is 18.7 Å². The van der Waals surface area contributed by atoms with Crippen molar-refractivity contribution in [3.8, 4) is 0 Å². The highest BCUT2D eigenvalue weighted by Crippen LogP contribution is 2.16. The van der Waals surface area contributed by atoms with Crippen LogP contribution in [0.1, 0.15) is 18.4 Å². The number of aliphatic hydroxyl groups is 1. The number of nitrogens with two attached hydrogens (primary N) is 1. The molecule has 3 N–H and O–H groups in total. The second-order valence-electron chi connectivity index (χ2n) is 3.13. The Bertz CT molecular complexity index is 262. The first-order valence-corrected chi connectivity index (χ1v) is 5.95. The first-order valence-electron chi connectivity index (χ1n) is 4.79. The molecule has 1 rings (SSSR count). The van der Waals surface area contributed by atoms with Gasteiger partial charge in [0.25, 0.3) is 0 Å². The number of rotatable bonds is 6. The summed E-state index contributed by atoms with van der Waals surface area (Å²) in [6.07, 6.45) is 0.524. The zero-order valence-electron chi connectivity index (χ0n) is 8.40. The number of hydrogen-bond acceptors (Lipinski definition) is 4. The average molecular weight is 215 g/mol. The van der Waals surface area contributed by atoms with Gasteiger partial charge in [-0.05, 0) is 12.1 Å². The molecule has 1 aromatic rings. The molecule has 80 valence electrons. The van der Waals surface area contributed by atoms with E-state index in [2.05, 4.69) is 6.92 Å². The topological polar surface area (TPSA) is 59.4 Å². The Kier molecular flexibility index (Phi) is 5.07. The summed E-state index contributed by atoms with van der Waals surface area (Å²) in [5.74, 6) is 3.45. The average Bonchev–Trinajstić information content (AvgIpc) is 2.65. The van der Waals surface area contributed by atoms with Crippen LogP contribution in [0, 0.1) is 0 Å². The lowest BCUT2D eigenvalue weighted by Gasteiger charge is -2.05. The van der Waals surface area contributed by atoms with Crippen LogP contribution < -0.4 is 5.73 Å². The second kappa shape index (κ2) is 6.11. The van der Waals surface area contributed by atoms with Gasteiger partial charge in [0.05, 0.1) is 11.9 Å². The predicted octanol–water partition coefficient (Wildman–Crippen LogP) is 1.39. The Morgan fingerprint density at radius 2 is 2.21 bits per heavy atom. The molecule has 0 fully saturated rings. The van der Waals surface area contributed by atoms with Crippen molar-refractivity contribution in [1.82, 2.24) is 0 Å². The first-order chi connectivity index (χ1) is 6.76. The molecule has 0 aromatic carbocycles. The summed E-state index contributed by atoms with van der Waals surface area (Å²) in [7, 11) is 0. The van der Waals surface area contributed by atoms with E-state index in [1.54, 1.807) is 11.8 Å². The molecular weight excluding hydrogens is 198 g/mol. The van der Waals surface area contributed by atoms with Crippen LogP contribution in [0.4, 0.5) is 0 Å². The molecular formula is C10H17NO2S.